The number of hydrogen-bond acceptors (Lipinski definition) is 4. The van der Waals surface area contributed by atoms with Gasteiger partial charge in [0.2, 0.25) is 0 Å². The van der Waals surface area contributed by atoms with Crippen LogP contribution in [0, 0.1) is 0 Å². The Kier molecular flexibility index (Phi) is 5.72. The van der Waals surface area contributed by atoms with Crippen molar-refractivity contribution in [1.29, 1.82) is 0 Å². The van der Waals surface area contributed by atoms with Gasteiger partial charge in [-0.1, -0.05) is 38.3 Å². The number of unbranched alkanes of at least 4 members (excludes halogenated alkanes) is 3. The molecule has 1 aromatic carbocycles. The van der Waals surface area contributed by atoms with Crippen molar-refractivity contribution in [2.45, 2.75) is 57.3 Å². The molecule has 3 N–H and O–H groups in total. The molecule has 1 heterocycles. The Morgan fingerprint density at radius 3 is 2.60 bits per heavy atom. The number of nitrogens with two attached hydrogens (primary N) is 1. The van der Waals surface area contributed by atoms with Crippen molar-refractivity contribution in [2.75, 3.05) is 5.73 Å². The highest BCUT2D eigenvalue weighted by Gasteiger charge is 2.63. The number of amides is 1. The Hall–Kier alpha value is -2.09. The zero-order valence-electron chi connectivity index (χ0n) is 14.0. The molecule has 0 aromatic heterocycles. The smallest absolute Gasteiger partial charge is 0.398 e. The molecule has 0 bridgehead atoms. The standard InChI is InChI=1S/C17H22F3N3O2/c1-2-3-4-5-8-12-11-16(25,17(18,19)20)23(22-12)15(24)13-9-6-7-10-14(13)21/h6-7,9-10,25H,2-5,8,11,21H2,1H3. The van der Waals surface area contributed by atoms with Crippen molar-refractivity contribution >= 4 is 17.3 Å². The molecule has 1 aromatic rings. The number of carbonyl (C=O) groups excluding carboxylic acids is 1. The van der Waals surface area contributed by atoms with Crippen LogP contribution < -0.4 is 5.73 Å². The molecule has 0 aliphatic carbocycles. The van der Waals surface area contributed by atoms with Gasteiger partial charge in [0, 0.05) is 17.8 Å². The van der Waals surface area contributed by atoms with E-state index >= 15 is 0 Å². The maximum absolute atomic E-state index is 13.4. The average Bonchev–Trinajstić information content (AvgIpc) is 2.89. The lowest BCUT2D eigenvalue weighted by molar-refractivity contribution is -0.297. The third kappa shape index (κ3) is 3.95. The molecule has 25 heavy (non-hydrogen) atoms. The second kappa shape index (κ2) is 7.43. The number of nitrogen functional groups attached to an aromatic ring is 1. The van der Waals surface area contributed by atoms with Crippen LogP contribution in [0.3, 0.4) is 0 Å². The first kappa shape index (κ1) is 19.2. The Morgan fingerprint density at radius 2 is 2.00 bits per heavy atom. The summed E-state index contributed by atoms with van der Waals surface area (Å²) in [6, 6.07) is 5.77. The molecule has 0 spiro atoms. The average molecular weight is 357 g/mol. The van der Waals surface area contributed by atoms with Crippen molar-refractivity contribution in [1.82, 2.24) is 5.01 Å². The molecule has 8 heteroatoms. The molecule has 1 aliphatic heterocycles. The lowest BCUT2D eigenvalue weighted by Gasteiger charge is -2.32. The summed E-state index contributed by atoms with van der Waals surface area (Å²) in [5.74, 6) is -1.07. The van der Waals surface area contributed by atoms with E-state index in [0.29, 0.717) is 12.8 Å². The molecule has 1 unspecified atom stereocenters. The van der Waals surface area contributed by atoms with Gasteiger partial charge in [0.05, 0.1) is 5.56 Å². The highest BCUT2D eigenvalue weighted by atomic mass is 19.4. The number of hydrogen-bond donors (Lipinski definition) is 2. The summed E-state index contributed by atoms with van der Waals surface area (Å²) in [5, 5.41) is 14.1. The molecule has 138 valence electrons. The Balaban J connectivity index is 2.28. The van der Waals surface area contributed by atoms with Crippen molar-refractivity contribution < 1.29 is 23.1 Å². The molecule has 0 radical (unpaired) electrons. The van der Waals surface area contributed by atoms with Gasteiger partial charge in [-0.15, -0.1) is 0 Å². The molecular weight excluding hydrogens is 335 g/mol. The number of anilines is 1. The van der Waals surface area contributed by atoms with E-state index < -0.39 is 24.2 Å². The molecular formula is C17H22F3N3O2. The lowest BCUT2D eigenvalue weighted by atomic mass is 10.0. The number of carbonyl (C=O) groups is 1. The molecule has 1 aliphatic rings. The van der Waals surface area contributed by atoms with E-state index in [-0.39, 0.29) is 22.0 Å². The van der Waals surface area contributed by atoms with Gasteiger partial charge in [0.25, 0.3) is 11.6 Å². The minimum absolute atomic E-state index is 0.0311. The van der Waals surface area contributed by atoms with Crippen molar-refractivity contribution in [3.63, 3.8) is 0 Å². The van der Waals surface area contributed by atoms with Crippen LogP contribution in [0.5, 0.6) is 0 Å². The van der Waals surface area contributed by atoms with E-state index in [4.69, 9.17) is 5.73 Å². The molecule has 0 saturated carbocycles. The highest BCUT2D eigenvalue weighted by Crippen LogP contribution is 2.42. The van der Waals surface area contributed by atoms with Crippen LogP contribution in [0.25, 0.3) is 0 Å². The molecule has 1 amide bonds. The molecule has 0 fully saturated rings. The van der Waals surface area contributed by atoms with Gasteiger partial charge in [0.15, 0.2) is 0 Å². The third-order valence-corrected chi connectivity index (χ3v) is 4.20. The van der Waals surface area contributed by atoms with Gasteiger partial charge >= 0.3 is 6.18 Å². The number of para-hydroxylation sites is 1. The Bertz CT molecular complexity index is 661. The third-order valence-electron chi connectivity index (χ3n) is 4.20. The van der Waals surface area contributed by atoms with Gasteiger partial charge in [-0.05, 0) is 25.0 Å². The number of rotatable bonds is 6. The number of hydrazone groups is 1. The fourth-order valence-electron chi connectivity index (χ4n) is 2.75. The van der Waals surface area contributed by atoms with Crippen LogP contribution in [0.1, 0.15) is 55.8 Å². The quantitative estimate of drug-likeness (QED) is 0.602. The second-order valence-electron chi connectivity index (χ2n) is 6.17. The maximum atomic E-state index is 13.4. The van der Waals surface area contributed by atoms with Crippen LogP contribution in [-0.2, 0) is 0 Å². The highest BCUT2D eigenvalue weighted by molar-refractivity contribution is 6.01. The van der Waals surface area contributed by atoms with Crippen LogP contribution in [0.15, 0.2) is 29.4 Å². The van der Waals surface area contributed by atoms with Gasteiger partial charge in [-0.25, -0.2) is 0 Å². The van der Waals surface area contributed by atoms with Crippen LogP contribution in [0.2, 0.25) is 0 Å². The number of aliphatic hydroxyl groups is 1. The SMILES string of the molecule is CCCCCCC1=NN(C(=O)c2ccccc2N)C(O)(C(F)(F)F)C1. The van der Waals surface area contributed by atoms with E-state index in [2.05, 4.69) is 5.10 Å². The topological polar surface area (TPSA) is 78.9 Å². The summed E-state index contributed by atoms with van der Waals surface area (Å²) in [4.78, 5) is 12.5. The molecule has 5 nitrogen and oxygen atoms in total. The minimum atomic E-state index is -5.03. The second-order valence-corrected chi connectivity index (χ2v) is 6.17. The van der Waals surface area contributed by atoms with E-state index in [1.54, 1.807) is 6.07 Å². The van der Waals surface area contributed by atoms with Crippen LogP contribution >= 0.6 is 0 Å². The zero-order chi connectivity index (χ0) is 18.7. The fourth-order valence-corrected chi connectivity index (χ4v) is 2.75. The van der Waals surface area contributed by atoms with Crippen molar-refractivity contribution in [3.8, 4) is 0 Å². The monoisotopic (exact) mass is 357 g/mol. The summed E-state index contributed by atoms with van der Waals surface area (Å²) in [6.07, 6.45) is -1.96. The van der Waals surface area contributed by atoms with Crippen molar-refractivity contribution in [3.05, 3.63) is 29.8 Å². The van der Waals surface area contributed by atoms with E-state index in [1.165, 1.54) is 18.2 Å². The Morgan fingerprint density at radius 1 is 1.32 bits per heavy atom. The zero-order valence-corrected chi connectivity index (χ0v) is 14.0. The first-order chi connectivity index (χ1) is 11.7. The predicted octanol–water partition coefficient (Wildman–Crippen LogP) is 3.69. The molecule has 2 rings (SSSR count). The van der Waals surface area contributed by atoms with Crippen LogP contribution in [-0.4, -0.2) is 33.6 Å². The van der Waals surface area contributed by atoms with E-state index in [9.17, 15) is 23.1 Å². The maximum Gasteiger partial charge on any atom is 0.438 e. The van der Waals surface area contributed by atoms with Crippen molar-refractivity contribution in [2.24, 2.45) is 5.10 Å². The Labute approximate surface area is 144 Å². The summed E-state index contributed by atoms with van der Waals surface area (Å²) in [6.45, 7) is 2.03. The van der Waals surface area contributed by atoms with Gasteiger partial charge in [0.1, 0.15) is 0 Å². The first-order valence-corrected chi connectivity index (χ1v) is 8.25. The normalized spacial score (nSPS) is 20.7. The fraction of sp³-hybridized carbons (Fsp3) is 0.529. The summed E-state index contributed by atoms with van der Waals surface area (Å²) < 4.78 is 40.3. The lowest BCUT2D eigenvalue weighted by Crippen LogP contribution is -2.56. The predicted molar refractivity (Wildman–Crippen MR) is 88.8 cm³/mol. The summed E-state index contributed by atoms with van der Waals surface area (Å²) >= 11 is 0. The number of alkyl halides is 3. The van der Waals surface area contributed by atoms with Crippen LogP contribution in [0.4, 0.5) is 18.9 Å². The van der Waals surface area contributed by atoms with Gasteiger partial charge < -0.3 is 10.8 Å². The first-order valence-electron chi connectivity index (χ1n) is 8.25. The molecule has 0 saturated heterocycles. The largest absolute Gasteiger partial charge is 0.438 e. The van der Waals surface area contributed by atoms with E-state index in [1.807, 2.05) is 6.92 Å². The summed E-state index contributed by atoms with van der Waals surface area (Å²) in [5.41, 5.74) is 2.41. The van der Waals surface area contributed by atoms with Gasteiger partial charge in [-0.2, -0.15) is 23.3 Å². The number of nitrogens with zero attached hydrogens (tertiary/aromatic N) is 2. The number of benzene rings is 1. The van der Waals surface area contributed by atoms with E-state index in [0.717, 1.165) is 19.3 Å². The summed E-state index contributed by atoms with van der Waals surface area (Å²) in [7, 11) is 0. The minimum Gasteiger partial charge on any atom is -0.398 e. The molecule has 1 atom stereocenters. The van der Waals surface area contributed by atoms with Gasteiger partial charge in [-0.3, -0.25) is 4.79 Å². The number of halogens is 3.